The molecule has 0 N–H and O–H groups in total. The summed E-state index contributed by atoms with van der Waals surface area (Å²) < 4.78 is 0. The molecule has 0 aromatic heterocycles. The van der Waals surface area contributed by atoms with Crippen molar-refractivity contribution in [2.45, 2.75) is 6.42 Å². The van der Waals surface area contributed by atoms with E-state index in [-0.39, 0.29) is 35.5 Å². The summed E-state index contributed by atoms with van der Waals surface area (Å²) in [4.78, 5) is 37.5. The molecule has 21 heavy (non-hydrogen) atoms. The Hall–Kier alpha value is -1.94. The van der Waals surface area contributed by atoms with Crippen LogP contribution in [0, 0.1) is 23.7 Å². The topological polar surface area (TPSA) is 54.5 Å². The largest absolute Gasteiger partial charge is 0.276 e. The first-order valence-corrected chi connectivity index (χ1v) is 7.32. The van der Waals surface area contributed by atoms with Crippen LogP contribution in [-0.2, 0) is 9.59 Å². The number of rotatable bonds is 2. The average molecular weight is 302 g/mol. The molecule has 4 rings (SSSR count). The van der Waals surface area contributed by atoms with Gasteiger partial charge in [0.2, 0.25) is 11.8 Å². The standard InChI is InChI=1S/C16H12ClNO3/c17-14(19)8-3-5-11(6-4-8)18-15(20)12-9-1-2-10(7-9)13(12)16(18)21/h1-6,9-10,12-13H,7H2/t9-,10-,12-,13-/m0/s1. The summed E-state index contributed by atoms with van der Waals surface area (Å²) in [7, 11) is 0. The highest BCUT2D eigenvalue weighted by Crippen LogP contribution is 2.53. The van der Waals surface area contributed by atoms with E-state index in [0.717, 1.165) is 6.42 Å². The van der Waals surface area contributed by atoms with Gasteiger partial charge in [-0.3, -0.25) is 19.3 Å². The van der Waals surface area contributed by atoms with Gasteiger partial charge in [0.25, 0.3) is 5.24 Å². The lowest BCUT2D eigenvalue weighted by atomic mass is 9.85. The number of allylic oxidation sites excluding steroid dienone is 2. The van der Waals surface area contributed by atoms with Crippen LogP contribution in [0.4, 0.5) is 5.69 Å². The Morgan fingerprint density at radius 3 is 2.00 bits per heavy atom. The number of amides is 2. The molecule has 4 atom stereocenters. The minimum atomic E-state index is -0.556. The third-order valence-corrected chi connectivity index (χ3v) is 5.04. The Morgan fingerprint density at radius 1 is 1.00 bits per heavy atom. The summed E-state index contributed by atoms with van der Waals surface area (Å²) in [5, 5.41) is -0.556. The van der Waals surface area contributed by atoms with Crippen LogP contribution >= 0.6 is 11.6 Å². The molecule has 1 aromatic carbocycles. The van der Waals surface area contributed by atoms with Crippen molar-refractivity contribution < 1.29 is 14.4 Å². The van der Waals surface area contributed by atoms with Crippen LogP contribution in [0.2, 0.25) is 0 Å². The number of hydrogen-bond acceptors (Lipinski definition) is 3. The number of halogens is 1. The van der Waals surface area contributed by atoms with Gasteiger partial charge in [-0.05, 0) is 54.1 Å². The SMILES string of the molecule is O=C(Cl)c1ccc(N2C(=O)[C@@H]3[C@@H](C2=O)[C@H]2C=C[C@H]3C2)cc1. The van der Waals surface area contributed by atoms with E-state index in [0.29, 0.717) is 11.3 Å². The molecule has 2 aliphatic carbocycles. The van der Waals surface area contributed by atoms with Crippen molar-refractivity contribution in [1.82, 2.24) is 0 Å². The lowest BCUT2D eigenvalue weighted by molar-refractivity contribution is -0.123. The molecule has 2 bridgehead atoms. The zero-order valence-corrected chi connectivity index (χ0v) is 11.8. The van der Waals surface area contributed by atoms with Crippen LogP contribution in [0.3, 0.4) is 0 Å². The molecule has 0 spiro atoms. The van der Waals surface area contributed by atoms with E-state index in [2.05, 4.69) is 12.2 Å². The lowest BCUT2D eigenvalue weighted by Gasteiger charge is -2.17. The van der Waals surface area contributed by atoms with Gasteiger partial charge in [-0.2, -0.15) is 0 Å². The van der Waals surface area contributed by atoms with Crippen LogP contribution in [-0.4, -0.2) is 17.1 Å². The summed E-state index contributed by atoms with van der Waals surface area (Å²) in [6.07, 6.45) is 5.05. The van der Waals surface area contributed by atoms with Gasteiger partial charge in [0.1, 0.15) is 0 Å². The molecule has 1 heterocycles. The quantitative estimate of drug-likeness (QED) is 0.479. The Kier molecular flexibility index (Phi) is 2.60. The van der Waals surface area contributed by atoms with Crippen LogP contribution in [0.15, 0.2) is 36.4 Å². The van der Waals surface area contributed by atoms with Crippen LogP contribution < -0.4 is 4.90 Å². The lowest BCUT2D eigenvalue weighted by Crippen LogP contribution is -2.32. The smallest absolute Gasteiger partial charge is 0.252 e. The minimum absolute atomic E-state index is 0.119. The number of carbonyl (C=O) groups excluding carboxylic acids is 3. The highest BCUT2D eigenvalue weighted by atomic mass is 35.5. The summed E-state index contributed by atoms with van der Waals surface area (Å²) in [6.45, 7) is 0. The number of imide groups is 1. The first-order valence-electron chi connectivity index (χ1n) is 6.94. The zero-order chi connectivity index (χ0) is 14.7. The van der Waals surface area contributed by atoms with E-state index in [1.807, 2.05) is 0 Å². The van der Waals surface area contributed by atoms with Crippen molar-refractivity contribution >= 4 is 34.3 Å². The second-order valence-corrected chi connectivity index (χ2v) is 6.18. The van der Waals surface area contributed by atoms with Crippen LogP contribution in [0.1, 0.15) is 16.8 Å². The number of fused-ring (bicyclic) bond motifs is 5. The third-order valence-electron chi connectivity index (χ3n) is 4.82. The average Bonchev–Trinajstić information content (AvgIpc) is 3.13. The van der Waals surface area contributed by atoms with Crippen molar-refractivity contribution in [2.75, 3.05) is 4.90 Å². The maximum absolute atomic E-state index is 12.6. The van der Waals surface area contributed by atoms with Crippen molar-refractivity contribution in [2.24, 2.45) is 23.7 Å². The molecule has 1 saturated heterocycles. The molecular weight excluding hydrogens is 290 g/mol. The molecule has 4 nitrogen and oxygen atoms in total. The molecular formula is C16H12ClNO3. The number of anilines is 1. The minimum Gasteiger partial charge on any atom is -0.276 e. The van der Waals surface area contributed by atoms with Gasteiger partial charge in [-0.25, -0.2) is 0 Å². The third kappa shape index (κ3) is 1.65. The normalized spacial score (nSPS) is 32.9. The Balaban J connectivity index is 1.69. The van der Waals surface area contributed by atoms with Gasteiger partial charge in [-0.1, -0.05) is 12.2 Å². The molecule has 2 amide bonds. The molecule has 0 unspecified atom stereocenters. The molecule has 3 aliphatic rings. The fourth-order valence-corrected chi connectivity index (χ4v) is 4.02. The van der Waals surface area contributed by atoms with Crippen molar-refractivity contribution in [3.05, 3.63) is 42.0 Å². The summed E-state index contributed by atoms with van der Waals surface area (Å²) in [5.41, 5.74) is 0.863. The highest BCUT2D eigenvalue weighted by Gasteiger charge is 2.59. The first-order chi connectivity index (χ1) is 10.1. The Labute approximate surface area is 126 Å². The molecule has 0 radical (unpaired) electrons. The summed E-state index contributed by atoms with van der Waals surface area (Å²) in [6, 6.07) is 6.27. The zero-order valence-electron chi connectivity index (χ0n) is 11.0. The fourth-order valence-electron chi connectivity index (χ4n) is 3.90. The summed E-state index contributed by atoms with van der Waals surface area (Å²) in [5.74, 6) is -0.252. The van der Waals surface area contributed by atoms with E-state index in [9.17, 15) is 14.4 Å². The van der Waals surface area contributed by atoms with Gasteiger partial charge in [0, 0.05) is 5.56 Å². The second kappa shape index (κ2) is 4.28. The predicted octanol–water partition coefficient (Wildman–Crippen LogP) is 2.38. The number of nitrogens with zero attached hydrogens (tertiary/aromatic N) is 1. The van der Waals surface area contributed by atoms with E-state index in [1.165, 1.54) is 17.0 Å². The molecule has 1 aliphatic heterocycles. The van der Waals surface area contributed by atoms with Gasteiger partial charge >= 0.3 is 0 Å². The van der Waals surface area contributed by atoms with Crippen molar-refractivity contribution in [3.8, 4) is 0 Å². The molecule has 2 fully saturated rings. The Bertz CT molecular complexity index is 664. The maximum Gasteiger partial charge on any atom is 0.252 e. The first kappa shape index (κ1) is 12.8. The van der Waals surface area contributed by atoms with E-state index in [1.54, 1.807) is 12.1 Å². The van der Waals surface area contributed by atoms with E-state index >= 15 is 0 Å². The van der Waals surface area contributed by atoms with Gasteiger partial charge in [0.15, 0.2) is 0 Å². The molecule has 1 aromatic rings. The Morgan fingerprint density at radius 2 is 1.52 bits per heavy atom. The van der Waals surface area contributed by atoms with Crippen LogP contribution in [0.25, 0.3) is 0 Å². The number of hydrogen-bond donors (Lipinski definition) is 0. The fraction of sp³-hybridized carbons (Fsp3) is 0.312. The number of benzene rings is 1. The molecule has 106 valence electrons. The molecule has 1 saturated carbocycles. The van der Waals surface area contributed by atoms with Gasteiger partial charge < -0.3 is 0 Å². The van der Waals surface area contributed by atoms with Gasteiger partial charge in [-0.15, -0.1) is 0 Å². The highest BCUT2D eigenvalue weighted by molar-refractivity contribution is 6.67. The van der Waals surface area contributed by atoms with Crippen molar-refractivity contribution in [1.29, 1.82) is 0 Å². The monoisotopic (exact) mass is 301 g/mol. The van der Waals surface area contributed by atoms with Crippen LogP contribution in [0.5, 0.6) is 0 Å². The predicted molar refractivity (Wildman–Crippen MR) is 76.8 cm³/mol. The van der Waals surface area contributed by atoms with Crippen molar-refractivity contribution in [3.63, 3.8) is 0 Å². The maximum atomic E-state index is 12.6. The molecule has 5 heteroatoms. The second-order valence-electron chi connectivity index (χ2n) is 5.83. The van der Waals surface area contributed by atoms with Gasteiger partial charge in [0.05, 0.1) is 17.5 Å². The number of carbonyl (C=O) groups is 3. The van der Waals surface area contributed by atoms with E-state index < -0.39 is 5.24 Å². The summed E-state index contributed by atoms with van der Waals surface area (Å²) >= 11 is 5.40. The van der Waals surface area contributed by atoms with E-state index in [4.69, 9.17) is 11.6 Å².